The second-order valence-corrected chi connectivity index (χ2v) is 8.28. The molecule has 154 valence electrons. The second-order valence-electron chi connectivity index (χ2n) is 8.28. The largest absolute Gasteiger partial charge is 0.339 e. The number of carbonyl (C=O) groups excluding carboxylic acids is 2. The number of nitrogens with zero attached hydrogens (tertiary/aromatic N) is 4. The zero-order valence-electron chi connectivity index (χ0n) is 17.6. The Morgan fingerprint density at radius 1 is 1.24 bits per heavy atom. The van der Waals surface area contributed by atoms with Gasteiger partial charge in [-0.2, -0.15) is 0 Å². The van der Waals surface area contributed by atoms with Gasteiger partial charge >= 0.3 is 0 Å². The van der Waals surface area contributed by atoms with E-state index in [0.717, 1.165) is 56.5 Å². The highest BCUT2D eigenvalue weighted by molar-refractivity contribution is 6.08. The maximum absolute atomic E-state index is 13.6. The van der Waals surface area contributed by atoms with Gasteiger partial charge in [-0.25, -0.2) is 4.98 Å². The average Bonchev–Trinajstić information content (AvgIpc) is 3.28. The van der Waals surface area contributed by atoms with Crippen molar-refractivity contribution < 1.29 is 9.59 Å². The van der Waals surface area contributed by atoms with E-state index in [-0.39, 0.29) is 17.9 Å². The van der Waals surface area contributed by atoms with E-state index in [1.165, 1.54) is 5.56 Å². The maximum atomic E-state index is 13.6. The number of imidazole rings is 1. The number of carbonyl (C=O) groups is 2. The summed E-state index contributed by atoms with van der Waals surface area (Å²) in [5.41, 5.74) is 3.54. The van der Waals surface area contributed by atoms with Crippen LogP contribution in [-0.4, -0.2) is 45.9 Å². The van der Waals surface area contributed by atoms with Crippen molar-refractivity contribution >= 4 is 17.5 Å². The fraction of sp³-hybridized carbons (Fsp3) is 0.522. The standard InChI is InChI=1S/C23H30N4O2/c1-4-5-13-25(3)23(29)21-24-20(19-12-8-9-14-26(19)21)22(28)27-16(2)15-17-10-6-7-11-18(17)27/h6-7,10-11,16H,4-5,8-9,12-15H2,1-3H3. The molecule has 4 rings (SSSR count). The molecule has 0 aliphatic carbocycles. The third-order valence-electron chi connectivity index (χ3n) is 6.13. The molecule has 0 fully saturated rings. The van der Waals surface area contributed by atoms with Crippen molar-refractivity contribution in [3.8, 4) is 0 Å². The highest BCUT2D eigenvalue weighted by Crippen LogP contribution is 2.34. The van der Waals surface area contributed by atoms with Crippen LogP contribution in [0.15, 0.2) is 24.3 Å². The van der Waals surface area contributed by atoms with Gasteiger partial charge in [-0.1, -0.05) is 31.5 Å². The molecule has 0 bridgehead atoms. The molecular formula is C23H30N4O2. The third kappa shape index (κ3) is 3.45. The summed E-state index contributed by atoms with van der Waals surface area (Å²) in [6.45, 7) is 5.65. The first-order valence-electron chi connectivity index (χ1n) is 10.8. The van der Waals surface area contributed by atoms with Crippen LogP contribution >= 0.6 is 0 Å². The molecule has 1 aromatic carbocycles. The van der Waals surface area contributed by atoms with Gasteiger partial charge in [-0.3, -0.25) is 9.59 Å². The van der Waals surface area contributed by atoms with Crippen LogP contribution in [0.1, 0.15) is 71.9 Å². The molecule has 0 saturated carbocycles. The lowest BCUT2D eigenvalue weighted by molar-refractivity contribution is 0.0775. The van der Waals surface area contributed by atoms with Crippen molar-refractivity contribution in [2.75, 3.05) is 18.5 Å². The van der Waals surface area contributed by atoms with Gasteiger partial charge < -0.3 is 14.4 Å². The molecule has 6 heteroatoms. The fourth-order valence-corrected chi connectivity index (χ4v) is 4.53. The van der Waals surface area contributed by atoms with Crippen LogP contribution in [0.25, 0.3) is 0 Å². The summed E-state index contributed by atoms with van der Waals surface area (Å²) >= 11 is 0. The molecule has 29 heavy (non-hydrogen) atoms. The Morgan fingerprint density at radius 3 is 2.83 bits per heavy atom. The molecule has 2 aliphatic rings. The molecule has 0 spiro atoms. The summed E-state index contributed by atoms with van der Waals surface area (Å²) < 4.78 is 1.99. The third-order valence-corrected chi connectivity index (χ3v) is 6.13. The summed E-state index contributed by atoms with van der Waals surface area (Å²) in [6.07, 6.45) is 5.68. The van der Waals surface area contributed by atoms with E-state index in [1.807, 2.05) is 34.7 Å². The smallest absolute Gasteiger partial charge is 0.289 e. The first kappa shape index (κ1) is 19.7. The Hall–Kier alpha value is -2.63. The van der Waals surface area contributed by atoms with E-state index in [4.69, 9.17) is 0 Å². The number of rotatable bonds is 5. The van der Waals surface area contributed by atoms with Gasteiger partial charge in [0.25, 0.3) is 11.8 Å². The Kier molecular flexibility index (Phi) is 5.43. The van der Waals surface area contributed by atoms with Crippen LogP contribution in [0.2, 0.25) is 0 Å². The fourth-order valence-electron chi connectivity index (χ4n) is 4.53. The first-order chi connectivity index (χ1) is 14.0. The van der Waals surface area contributed by atoms with Gasteiger partial charge in [0, 0.05) is 31.9 Å². The van der Waals surface area contributed by atoms with Crippen LogP contribution in [0.5, 0.6) is 0 Å². The lowest BCUT2D eigenvalue weighted by Gasteiger charge is -2.23. The molecule has 0 saturated heterocycles. The lowest BCUT2D eigenvalue weighted by atomic mass is 10.1. The van der Waals surface area contributed by atoms with Crippen LogP contribution in [0, 0.1) is 0 Å². The minimum atomic E-state index is -0.0875. The molecule has 2 amide bonds. The van der Waals surface area contributed by atoms with Crippen LogP contribution in [0.4, 0.5) is 5.69 Å². The highest BCUT2D eigenvalue weighted by Gasteiger charge is 2.36. The number of fused-ring (bicyclic) bond motifs is 2. The molecule has 0 N–H and O–H groups in total. The number of aromatic nitrogens is 2. The Labute approximate surface area is 172 Å². The zero-order chi connectivity index (χ0) is 20.5. The molecule has 2 aromatic rings. The predicted molar refractivity (Wildman–Crippen MR) is 113 cm³/mol. The topological polar surface area (TPSA) is 58.4 Å². The first-order valence-corrected chi connectivity index (χ1v) is 10.8. The number of amides is 2. The van der Waals surface area contributed by atoms with Crippen molar-refractivity contribution in [2.45, 2.75) is 65.0 Å². The van der Waals surface area contributed by atoms with Gasteiger partial charge in [-0.05, 0) is 50.7 Å². The molecule has 2 aliphatic heterocycles. The summed E-state index contributed by atoms with van der Waals surface area (Å²) in [4.78, 5) is 34.9. The number of benzene rings is 1. The summed E-state index contributed by atoms with van der Waals surface area (Å²) in [6, 6.07) is 8.16. The predicted octanol–water partition coefficient (Wildman–Crippen LogP) is 3.68. The number of unbranched alkanes of at least 4 members (excludes halogenated alkanes) is 1. The molecule has 1 unspecified atom stereocenters. The van der Waals surface area contributed by atoms with Crippen molar-refractivity contribution in [2.24, 2.45) is 0 Å². The number of para-hydroxylation sites is 1. The van der Waals surface area contributed by atoms with Crippen molar-refractivity contribution in [3.05, 3.63) is 47.0 Å². The van der Waals surface area contributed by atoms with Gasteiger partial charge in [0.2, 0.25) is 0 Å². The Balaban J connectivity index is 1.70. The SMILES string of the molecule is CCCCN(C)C(=O)c1nc(C(=O)N2c3ccccc3CC2C)c2n1CCCC2. The summed E-state index contributed by atoms with van der Waals surface area (Å²) in [5.74, 6) is 0.251. The van der Waals surface area contributed by atoms with Gasteiger partial charge in [-0.15, -0.1) is 0 Å². The van der Waals surface area contributed by atoms with Gasteiger partial charge in [0.1, 0.15) is 0 Å². The summed E-state index contributed by atoms with van der Waals surface area (Å²) in [5, 5.41) is 0. The minimum absolute atomic E-state index is 0.0802. The molecule has 1 atom stereocenters. The molecule has 6 nitrogen and oxygen atoms in total. The molecule has 1 aromatic heterocycles. The highest BCUT2D eigenvalue weighted by atomic mass is 16.2. The van der Waals surface area contributed by atoms with Crippen molar-refractivity contribution in [3.63, 3.8) is 0 Å². The van der Waals surface area contributed by atoms with E-state index in [1.54, 1.807) is 4.90 Å². The van der Waals surface area contributed by atoms with Gasteiger partial charge in [0.05, 0.1) is 5.69 Å². The van der Waals surface area contributed by atoms with Crippen LogP contribution < -0.4 is 4.90 Å². The van der Waals surface area contributed by atoms with E-state index >= 15 is 0 Å². The van der Waals surface area contributed by atoms with Crippen LogP contribution in [-0.2, 0) is 19.4 Å². The molecule has 0 radical (unpaired) electrons. The van der Waals surface area contributed by atoms with E-state index in [0.29, 0.717) is 18.1 Å². The Morgan fingerprint density at radius 2 is 2.03 bits per heavy atom. The van der Waals surface area contributed by atoms with Crippen molar-refractivity contribution in [1.82, 2.24) is 14.5 Å². The maximum Gasteiger partial charge on any atom is 0.289 e. The number of hydrogen-bond donors (Lipinski definition) is 0. The van der Waals surface area contributed by atoms with Crippen molar-refractivity contribution in [1.29, 1.82) is 0 Å². The Bertz CT molecular complexity index is 933. The van der Waals surface area contributed by atoms with E-state index < -0.39 is 0 Å². The molecular weight excluding hydrogens is 364 g/mol. The van der Waals surface area contributed by atoms with E-state index in [2.05, 4.69) is 24.9 Å². The average molecular weight is 395 g/mol. The number of anilines is 1. The van der Waals surface area contributed by atoms with Gasteiger partial charge in [0.15, 0.2) is 11.5 Å². The monoisotopic (exact) mass is 394 g/mol. The normalized spacial score (nSPS) is 17.8. The minimum Gasteiger partial charge on any atom is -0.339 e. The zero-order valence-corrected chi connectivity index (χ0v) is 17.6. The molecule has 3 heterocycles. The quantitative estimate of drug-likeness (QED) is 0.777. The van der Waals surface area contributed by atoms with E-state index in [9.17, 15) is 9.59 Å². The second kappa shape index (κ2) is 8.01. The lowest BCUT2D eigenvalue weighted by Crippen LogP contribution is -2.36. The van der Waals surface area contributed by atoms with Crippen LogP contribution in [0.3, 0.4) is 0 Å². The number of hydrogen-bond acceptors (Lipinski definition) is 3. The summed E-state index contributed by atoms with van der Waals surface area (Å²) in [7, 11) is 1.82.